The van der Waals surface area contributed by atoms with E-state index in [1.807, 2.05) is 0 Å². The van der Waals surface area contributed by atoms with Crippen LogP contribution in [0.25, 0.3) is 0 Å². The van der Waals surface area contributed by atoms with Crippen LogP contribution in [-0.2, 0) is 0 Å². The summed E-state index contributed by atoms with van der Waals surface area (Å²) < 4.78 is 0. The zero-order chi connectivity index (χ0) is 48.7. The van der Waals surface area contributed by atoms with Gasteiger partial charge in [0.05, 0.1) is 0 Å². The molecule has 0 fully saturated rings. The molecule has 0 atom stereocenters. The maximum atomic E-state index is 4.95. The van der Waals surface area contributed by atoms with E-state index < -0.39 is 0 Å². The molecule has 0 aliphatic heterocycles. The van der Waals surface area contributed by atoms with Crippen molar-refractivity contribution in [3.05, 3.63) is 0 Å². The molecule has 0 nitrogen and oxygen atoms in total. The van der Waals surface area contributed by atoms with Gasteiger partial charge in [-0.25, -0.2) is 0 Å². The van der Waals surface area contributed by atoms with Gasteiger partial charge in [-0.2, -0.15) is 0 Å². The quantitative estimate of drug-likeness (QED) is 0.311. The molecule has 0 N–H and O–H groups in total. The Morgan fingerprint density at radius 1 is 0.0735 bits per heavy atom. The Hall–Kier alpha value is -15.0. The Kier molecular flexibility index (Phi) is 40.6. The van der Waals surface area contributed by atoms with Crippen LogP contribution in [0.15, 0.2) is 0 Å². The molecule has 0 radical (unpaired) electrons. The van der Waals surface area contributed by atoms with Crippen molar-refractivity contribution in [2.45, 2.75) is 0 Å². The van der Waals surface area contributed by atoms with Crippen LogP contribution in [-0.4, -0.2) is 0 Å². The van der Waals surface area contributed by atoms with Gasteiger partial charge >= 0.3 is 0 Å². The standard InChI is InChI=1S/C68H2/c1-3-5-7-9-11-13-15-17-19-21-23-25-27-29-31-33-35-37-39-41-43-45-47-49-51-53-55-57-59-61-63-65-67-68-66-64-62-60-58-56-54-52-50-48-46-44-42-40-38-36-34-32-30-28-26-24-22-20-18-16-14-12-10-8-6-4-2/h1-2H. The van der Waals surface area contributed by atoms with E-state index in [0.29, 0.717) is 0 Å². The molecule has 0 aliphatic rings. The molecular weight excluding hydrogens is 817 g/mol. The fourth-order valence-electron chi connectivity index (χ4n) is 2.01. The van der Waals surface area contributed by atoms with Crippen LogP contribution in [0, 0.1) is 404 Å². The molecular formula is C68H2. The predicted octanol–water partition coefficient (Wildman–Crippen LogP) is 0.362. The van der Waals surface area contributed by atoms with Crippen LogP contribution in [0.1, 0.15) is 0 Å². The molecule has 0 aliphatic carbocycles. The van der Waals surface area contributed by atoms with Gasteiger partial charge in [0.15, 0.2) is 0 Å². The molecule has 0 aromatic rings. The van der Waals surface area contributed by atoms with Gasteiger partial charge in [-0.15, -0.1) is 12.8 Å². The third-order valence-corrected chi connectivity index (χ3v) is 4.08. The molecule has 274 valence electrons. The van der Waals surface area contributed by atoms with E-state index in [4.69, 9.17) is 12.8 Å². The largest absolute Gasteiger partial charge is 0.106 e. The Bertz CT molecular complexity index is 4160. The lowest BCUT2D eigenvalue weighted by atomic mass is 10.4. The second kappa shape index (κ2) is 52.0. The first kappa shape index (κ1) is 53.0. The smallest absolute Gasteiger partial charge is 0 e. The Morgan fingerprint density at radius 3 is 0.162 bits per heavy atom. The summed E-state index contributed by atoms with van der Waals surface area (Å²) in [6.45, 7) is 0. The summed E-state index contributed by atoms with van der Waals surface area (Å²) in [6.07, 6.45) is 9.89. The minimum absolute atomic E-state index is 2.12. The van der Waals surface area contributed by atoms with Crippen molar-refractivity contribution < 1.29 is 0 Å². The SMILES string of the molecule is C#CC#CC#CC#CC#CC#CC#CC#CC#CC#CC#CC#CC#CC#CC#CC#CC#CC#CC#CC#CC#CC#CC#CC#CC#CC#CC#CC#CC#CC#CC#CC#CC#CC#C. The van der Waals surface area contributed by atoms with E-state index in [9.17, 15) is 0 Å². The molecule has 0 heterocycles. The van der Waals surface area contributed by atoms with Crippen LogP contribution >= 0.6 is 0 Å². The Balaban J connectivity index is 4.60. The zero-order valence-corrected chi connectivity index (χ0v) is 34.2. The lowest BCUT2D eigenvalue weighted by molar-refractivity contribution is 2.31. The summed E-state index contributed by atoms with van der Waals surface area (Å²) in [4.78, 5) is 0. The second-order valence-corrected chi connectivity index (χ2v) is 8.29. The Labute approximate surface area is 401 Å². The van der Waals surface area contributed by atoms with Crippen LogP contribution in [0.5, 0.6) is 0 Å². The van der Waals surface area contributed by atoms with Crippen LogP contribution in [0.4, 0.5) is 0 Å². The van der Waals surface area contributed by atoms with E-state index in [2.05, 4.69) is 391 Å². The van der Waals surface area contributed by atoms with Crippen molar-refractivity contribution in [1.29, 1.82) is 0 Å². The van der Waals surface area contributed by atoms with Crippen molar-refractivity contribution in [1.82, 2.24) is 0 Å². The maximum absolute atomic E-state index is 4.95. The van der Waals surface area contributed by atoms with E-state index in [0.717, 1.165) is 0 Å². The minimum atomic E-state index is 2.12. The average molecular weight is 819 g/mol. The highest BCUT2D eigenvalue weighted by Crippen LogP contribution is 1.64. The molecule has 0 rings (SSSR count). The molecule has 0 unspecified atom stereocenters. The van der Waals surface area contributed by atoms with Crippen molar-refractivity contribution in [3.8, 4) is 404 Å². The minimum Gasteiger partial charge on any atom is -0.106 e. The monoisotopic (exact) mass is 818 g/mol. The fourth-order valence-corrected chi connectivity index (χ4v) is 2.01. The number of terminal acetylenes is 2. The number of hydrogen-bond donors (Lipinski definition) is 0. The highest BCUT2D eigenvalue weighted by atomic mass is 13.6. The molecule has 0 spiro atoms. The molecule has 0 aromatic carbocycles. The molecule has 0 bridgehead atoms. The summed E-state index contributed by atoms with van der Waals surface area (Å²) in [6, 6.07) is 0. The van der Waals surface area contributed by atoms with Gasteiger partial charge in [0.25, 0.3) is 0 Å². The molecule has 0 saturated heterocycles. The third-order valence-electron chi connectivity index (χ3n) is 4.08. The van der Waals surface area contributed by atoms with Gasteiger partial charge in [0.1, 0.15) is 0 Å². The topological polar surface area (TPSA) is 0 Å². The number of hydrogen-bond acceptors (Lipinski definition) is 0. The molecule has 0 heteroatoms. The molecule has 0 amide bonds. The van der Waals surface area contributed by atoms with E-state index in [-0.39, 0.29) is 0 Å². The fraction of sp³-hybridized carbons (Fsp3) is 0. The Morgan fingerprint density at radius 2 is 0.118 bits per heavy atom. The predicted molar refractivity (Wildman–Crippen MR) is 266 cm³/mol. The van der Waals surface area contributed by atoms with Crippen LogP contribution < -0.4 is 0 Å². The van der Waals surface area contributed by atoms with Crippen molar-refractivity contribution in [2.75, 3.05) is 0 Å². The summed E-state index contributed by atoms with van der Waals surface area (Å²) in [7, 11) is 0. The van der Waals surface area contributed by atoms with Crippen molar-refractivity contribution in [2.24, 2.45) is 0 Å². The summed E-state index contributed by atoms with van der Waals surface area (Å²) in [5, 5.41) is 0. The van der Waals surface area contributed by atoms with Crippen molar-refractivity contribution >= 4 is 0 Å². The van der Waals surface area contributed by atoms with Gasteiger partial charge in [-0.05, 0) is 94.7 Å². The summed E-state index contributed by atoms with van der Waals surface area (Å²) in [5.74, 6) is 163. The second-order valence-electron chi connectivity index (χ2n) is 8.29. The molecule has 68 heavy (non-hydrogen) atoms. The van der Waals surface area contributed by atoms with Gasteiger partial charge < -0.3 is 0 Å². The van der Waals surface area contributed by atoms with Crippen molar-refractivity contribution in [3.63, 3.8) is 0 Å². The lowest BCUT2D eigenvalue weighted by Crippen LogP contribution is -1.57. The average Bonchev–Trinajstić information content (AvgIpc) is 3.35. The highest BCUT2D eigenvalue weighted by molar-refractivity contribution is 5.52. The normalized spacial score (nSPS) is 3.91. The third kappa shape index (κ3) is 51.0. The molecule has 0 saturated carbocycles. The molecule has 0 aromatic heterocycles. The van der Waals surface area contributed by atoms with Crippen LogP contribution in [0.2, 0.25) is 0 Å². The first-order chi connectivity index (χ1) is 33.9. The zero-order valence-electron chi connectivity index (χ0n) is 34.2. The van der Waals surface area contributed by atoms with E-state index in [1.54, 1.807) is 0 Å². The van der Waals surface area contributed by atoms with E-state index in [1.165, 1.54) is 0 Å². The maximum Gasteiger partial charge on any atom is 0 e. The van der Waals surface area contributed by atoms with Crippen LogP contribution in [0.3, 0.4) is 0 Å². The first-order valence-electron chi connectivity index (χ1n) is 16.8. The van der Waals surface area contributed by atoms with Gasteiger partial charge in [-0.1, -0.05) is 0 Å². The summed E-state index contributed by atoms with van der Waals surface area (Å²) in [5.41, 5.74) is 0. The number of rotatable bonds is 0. The first-order valence-corrected chi connectivity index (χ1v) is 16.8. The van der Waals surface area contributed by atoms with Gasteiger partial charge in [-0.3, -0.25) is 0 Å². The van der Waals surface area contributed by atoms with E-state index >= 15 is 0 Å². The lowest BCUT2D eigenvalue weighted by Gasteiger charge is -1.57. The van der Waals surface area contributed by atoms with Gasteiger partial charge in [0.2, 0.25) is 0 Å². The highest BCUT2D eigenvalue weighted by Gasteiger charge is 1.64. The summed E-state index contributed by atoms with van der Waals surface area (Å²) >= 11 is 0. The van der Waals surface area contributed by atoms with Gasteiger partial charge in [0, 0.05) is 296 Å².